The SMILES string of the molecule is CO[C@@H]1C(O)[C@H](n2ccc(N)nc2=O)O[C@@H]1COP(=O)([O-])O[C@@H]1C(O)[C@H](n2ccc(N)nc2=O)O[C@@H]1COP(=O)([O-])O[C@@H]1C(O)[C@H](n2ccc(N)nc2=O)O[C@@H]1COP(=O)([O-])OC.CO[C@@H]1C(O)[C@H](n2cnc3c(=O)[nH]cnc32)O[C@@H]1COP(=O)([O-])O[C@@H]1C(O)[C@H](n2cnc3c(=O)[nH]cnc32)O[C@@H]1COP(=O)([O-])O[C@@H]1C(O)[C@H](n2cnc3c(=O)[nH]cnc32)O[C@@H]1COP(=O)([O-])OC.[Na+].[Na+].[Na+].[Na+].[Na+].[Na+]. The Bertz CT molecular complexity index is 6400. The van der Waals surface area contributed by atoms with Crippen LogP contribution in [0.15, 0.2) is 104 Å². The van der Waals surface area contributed by atoms with Crippen molar-refractivity contribution >= 4 is 97.9 Å². The molecule has 6 aliphatic rings. The van der Waals surface area contributed by atoms with Crippen molar-refractivity contribution in [3.8, 4) is 0 Å². The standard InChI is InChI=1S/C32H39N12O22P3.C29H42N9O22P3.6Na/c1-57-21-12(62-30(18(21)45)42-9-39-15-24(42)33-6-36-27(15)48)3-60-68(53,54)66-23-14(64-32(20(23)47)44-11-41-17-26(44)35-8-38-29(17)50)5-61-69(55,56)65-22-13(4-59-67(51,52)58-2)63-31(19(22)46)43-10-40-16-25(43)34-7-37-28(16)49;1-51-21-12(56-24(18(21)39)36-6-3-15(30)33-27(36)42)9-54-62(47,48)60-23-14(58-26(20(23)41)38-8-5-17(32)35-29(38)44)11-55-63(49,50)59-22-13(10-53-61(45,46)52-2)57-25(19(22)40)37-7-4-16(31)34-28(37)43;;;;;;/h6-14,18-23,30-32,45-47H,3-5H2,1-2H3,(H,51,52)(H,53,54)(H,55,56)(H,33,36,48)(H,34,37,49)(H,35,38,50);3-8,12-14,18-26,39-41H,9-11H2,1-2H3,(H,45,46)(H,47,48)(H,49,50)(H2,30,33,42)(H2,31,34,43)(H2,32,35,44);;;;;;/q;;6*+1/p-6/t12-,13-,14-,18?,19?,20?,21+,22+,23+,30-,31-,32-;12-,13-,14-,18?,19?,20?,21+,22+,23+,24-,25-,26-;;;;;;/m11....../s1. The molecule has 0 amide bonds. The number of aromatic amines is 3. The second-order valence-electron chi connectivity index (χ2n) is 28.6. The van der Waals surface area contributed by atoms with E-state index in [2.05, 4.69) is 73.4 Å². The normalized spacial score (nSPS) is 30.4. The molecule has 0 saturated carbocycles. The van der Waals surface area contributed by atoms with E-state index >= 15 is 0 Å². The van der Waals surface area contributed by atoms with E-state index in [0.717, 1.165) is 104 Å². The first-order valence-electron chi connectivity index (χ1n) is 37.7. The second kappa shape index (κ2) is 50.0. The Morgan fingerprint density at radius 3 is 0.746 bits per heavy atom. The second-order valence-corrected chi connectivity index (χ2v) is 37.1. The number of hydrogen-bond acceptors (Lipinski definition) is 56. The van der Waals surface area contributed by atoms with Gasteiger partial charge in [0.25, 0.3) is 63.6 Å². The number of nitrogens with two attached hydrogens (primary N) is 3. The Morgan fingerprint density at radius 1 is 0.333 bits per heavy atom. The minimum Gasteiger partial charge on any atom is -0.756 e. The topological polar surface area (TPSA) is 920 Å². The Labute approximate surface area is 902 Å². The van der Waals surface area contributed by atoms with Crippen LogP contribution in [0.1, 0.15) is 37.4 Å². The van der Waals surface area contributed by atoms with Gasteiger partial charge in [0.05, 0.1) is 77.6 Å². The molecule has 30 atom stereocenters. The number of rotatable bonds is 36. The molecule has 138 heavy (non-hydrogen) atoms. The molecule has 9 aromatic rings. The molecule has 0 aliphatic carbocycles. The van der Waals surface area contributed by atoms with Gasteiger partial charge in [0.15, 0.2) is 70.9 Å². The summed E-state index contributed by atoms with van der Waals surface area (Å²) in [5.74, 6) is -0.623. The third kappa shape index (κ3) is 27.4. The van der Waals surface area contributed by atoms with E-state index in [0.29, 0.717) is 9.13 Å². The van der Waals surface area contributed by atoms with Gasteiger partial charge in [-0.25, -0.2) is 44.3 Å². The number of nitrogens with one attached hydrogen (secondary N) is 3. The fraction of sp³-hybridized carbons (Fsp3) is 0.557. The van der Waals surface area contributed by atoms with Crippen LogP contribution in [-0.4, -0.2) is 296 Å². The summed E-state index contributed by atoms with van der Waals surface area (Å²) in [6.45, 7) is -6.36. The van der Waals surface area contributed by atoms with Gasteiger partial charge in [-0.1, -0.05) is 0 Å². The summed E-state index contributed by atoms with van der Waals surface area (Å²) in [7, 11) is -29.0. The number of fused-ring (bicyclic) bond motifs is 3. The zero-order valence-corrected chi connectivity index (χ0v) is 90.7. The molecule has 6 fully saturated rings. The molecule has 15 heterocycles. The number of phosphoric ester groups is 6. The van der Waals surface area contributed by atoms with Gasteiger partial charge < -0.3 is 184 Å². The minimum atomic E-state index is -5.79. The third-order valence-electron chi connectivity index (χ3n) is 20.5. The number of aliphatic hydroxyl groups is 6. The van der Waals surface area contributed by atoms with Gasteiger partial charge in [0.1, 0.15) is 127 Å². The first-order chi connectivity index (χ1) is 62.3. The number of methoxy groups -OCH3 is 2. The summed E-state index contributed by atoms with van der Waals surface area (Å²) in [5, 5.41) is 67.3. The van der Waals surface area contributed by atoms with Crippen molar-refractivity contribution in [1.29, 1.82) is 0 Å². The Kier molecular flexibility index (Phi) is 43.6. The molecular weight excluding hydrogens is 2050 g/mol. The molecule has 77 heteroatoms. The zero-order valence-electron chi connectivity index (χ0n) is 73.3. The number of nitrogen functional groups attached to an aromatic ring is 3. The van der Waals surface area contributed by atoms with Crippen molar-refractivity contribution in [2.24, 2.45) is 0 Å². The van der Waals surface area contributed by atoms with Gasteiger partial charge in [-0.05, 0) is 18.2 Å². The Hall–Kier alpha value is -2.81. The largest absolute Gasteiger partial charge is 1.00 e. The van der Waals surface area contributed by atoms with Gasteiger partial charge in [-0.2, -0.15) is 15.0 Å². The molecule has 0 bridgehead atoms. The average Bonchev–Trinajstić information content (AvgIpc) is 1.61. The molecule has 0 radical (unpaired) electrons. The van der Waals surface area contributed by atoms with E-state index in [9.17, 15) is 116 Å². The molecule has 15 N–H and O–H groups in total. The maximum atomic E-state index is 13.6. The number of anilines is 3. The van der Waals surface area contributed by atoms with Crippen molar-refractivity contribution in [1.82, 2.24) is 87.2 Å². The number of nitrogens with zero attached hydrogens (tertiary/aromatic N) is 15. The van der Waals surface area contributed by atoms with Crippen LogP contribution < -0.4 is 258 Å². The third-order valence-corrected chi connectivity index (χ3v) is 26.2. The summed E-state index contributed by atoms with van der Waals surface area (Å²) >= 11 is 0. The van der Waals surface area contributed by atoms with E-state index in [4.69, 9.17) is 95.8 Å². The molecule has 724 valence electrons. The van der Waals surface area contributed by atoms with Gasteiger partial charge in [-0.3, -0.25) is 69.2 Å². The summed E-state index contributed by atoms with van der Waals surface area (Å²) in [6.07, 6.45) is -32.8. The van der Waals surface area contributed by atoms with Crippen molar-refractivity contribution in [3.05, 3.63) is 137 Å². The minimum absolute atomic E-state index is 0. The fourth-order valence-corrected chi connectivity index (χ4v) is 19.1. The number of ether oxygens (including phenoxy) is 8. The molecular formula is C61H75N21Na6O44P6. The van der Waals surface area contributed by atoms with Crippen LogP contribution in [0.4, 0.5) is 17.5 Å². The monoisotopic (exact) mass is 2130 g/mol. The molecule has 0 aromatic carbocycles. The number of H-pyrrole nitrogens is 3. The van der Waals surface area contributed by atoms with Crippen LogP contribution in [0.5, 0.6) is 0 Å². The number of phosphoric acid groups is 6. The fourth-order valence-electron chi connectivity index (χ4n) is 14.4. The Balaban J connectivity index is 0.000000326. The smallest absolute Gasteiger partial charge is 0.756 e. The van der Waals surface area contributed by atoms with Crippen molar-refractivity contribution < 1.29 is 357 Å². The Morgan fingerprint density at radius 2 is 0.536 bits per heavy atom. The van der Waals surface area contributed by atoms with Crippen LogP contribution >= 0.6 is 46.9 Å². The van der Waals surface area contributed by atoms with Gasteiger partial charge >= 0.3 is 194 Å². The van der Waals surface area contributed by atoms with Crippen LogP contribution in [-0.2, 0) is 120 Å². The van der Waals surface area contributed by atoms with Crippen LogP contribution in [0.2, 0.25) is 0 Å². The molecule has 6 saturated heterocycles. The average molecular weight is 2130 g/mol. The zero-order chi connectivity index (χ0) is 95.3. The summed E-state index contributed by atoms with van der Waals surface area (Å²) < 4.78 is 187. The predicted octanol–water partition coefficient (Wildman–Crippen LogP) is -28.8. The van der Waals surface area contributed by atoms with Crippen LogP contribution in [0.3, 0.4) is 0 Å². The number of aliphatic hydroxyl groups excluding tert-OH is 6. The van der Waals surface area contributed by atoms with Crippen LogP contribution in [0, 0.1) is 0 Å². The quantitative estimate of drug-likeness (QED) is 0.0128. The van der Waals surface area contributed by atoms with Crippen LogP contribution in [0.25, 0.3) is 33.5 Å². The van der Waals surface area contributed by atoms with E-state index in [1.807, 2.05) is 0 Å². The number of imidazole rings is 3. The summed E-state index contributed by atoms with van der Waals surface area (Å²) in [4.78, 5) is 194. The predicted molar refractivity (Wildman–Crippen MR) is 409 cm³/mol. The van der Waals surface area contributed by atoms with E-state index in [-0.39, 0.29) is 228 Å². The van der Waals surface area contributed by atoms with Gasteiger partial charge in [-0.15, -0.1) is 0 Å². The van der Waals surface area contributed by atoms with Crippen molar-refractivity contribution in [3.63, 3.8) is 0 Å². The molecule has 12 unspecified atom stereocenters. The maximum Gasteiger partial charge on any atom is 1.00 e. The van der Waals surface area contributed by atoms with E-state index < -0.39 is 268 Å². The van der Waals surface area contributed by atoms with Crippen molar-refractivity contribution in [2.75, 3.05) is 85.3 Å². The maximum absolute atomic E-state index is 13.6. The summed E-state index contributed by atoms with van der Waals surface area (Å²) in [6, 6.07) is 3.47. The molecule has 0 spiro atoms. The number of hydrogen-bond donors (Lipinski definition) is 12. The van der Waals surface area contributed by atoms with E-state index in [1.165, 1.54) is 17.7 Å². The molecule has 15 rings (SSSR count). The first-order valence-corrected chi connectivity index (χ1v) is 46.5. The van der Waals surface area contributed by atoms with Crippen molar-refractivity contribution in [2.45, 2.75) is 147 Å². The first kappa shape index (κ1) is 120. The molecule has 9 aromatic heterocycles. The van der Waals surface area contributed by atoms with Gasteiger partial charge in [0, 0.05) is 47.0 Å². The van der Waals surface area contributed by atoms with E-state index in [1.54, 1.807) is 0 Å². The molecule has 6 aliphatic heterocycles. The molecule has 65 nitrogen and oxygen atoms in total. The van der Waals surface area contributed by atoms with Gasteiger partial charge in [0.2, 0.25) is 0 Å². The number of aromatic nitrogens is 18. The summed E-state index contributed by atoms with van der Waals surface area (Å²) in [5.41, 5.74) is 10.6.